The number of rotatable bonds is 3. The van der Waals surface area contributed by atoms with Crippen LogP contribution in [0.2, 0.25) is 0 Å². The highest BCUT2D eigenvalue weighted by atomic mass is 16.2. The maximum Gasteiger partial charge on any atom is 0.242 e. The van der Waals surface area contributed by atoms with Gasteiger partial charge in [-0.15, -0.1) is 0 Å². The topological polar surface area (TPSA) is 42.3 Å². The van der Waals surface area contributed by atoms with Gasteiger partial charge in [0, 0.05) is 23.4 Å². The molecule has 4 rings (SSSR count). The van der Waals surface area contributed by atoms with E-state index in [1.807, 2.05) is 54.0 Å². The normalized spacial score (nSPS) is 17.6. The van der Waals surface area contributed by atoms with Gasteiger partial charge in [0.2, 0.25) is 5.91 Å². The van der Waals surface area contributed by atoms with E-state index < -0.39 is 0 Å². The van der Waals surface area contributed by atoms with E-state index in [0.29, 0.717) is 16.8 Å². The average Bonchev–Trinajstić information content (AvgIpc) is 2.71. The highest BCUT2D eigenvalue weighted by Crippen LogP contribution is 2.23. The molecule has 2 aromatic carbocycles. The Morgan fingerprint density at radius 2 is 1.85 bits per heavy atom. The van der Waals surface area contributed by atoms with Crippen LogP contribution in [-0.4, -0.2) is 28.0 Å². The Morgan fingerprint density at radius 3 is 2.67 bits per heavy atom. The summed E-state index contributed by atoms with van der Waals surface area (Å²) in [4.78, 5) is 28.2. The summed E-state index contributed by atoms with van der Waals surface area (Å²) in [6.07, 6.45) is 4.36. The number of likely N-dealkylation sites (tertiary alicyclic amines) is 1. The maximum atomic E-state index is 13.2. The summed E-state index contributed by atoms with van der Waals surface area (Å²) in [5.74, 6) is 0.150. The Balaban J connectivity index is 1.86. The number of hydrogen-bond acceptors (Lipinski definition) is 2. The van der Waals surface area contributed by atoms with E-state index in [1.165, 1.54) is 6.42 Å². The number of hydrogen-bond donors (Lipinski definition) is 0. The molecule has 1 aliphatic rings. The predicted molar refractivity (Wildman–Crippen MR) is 110 cm³/mol. The molecule has 27 heavy (non-hydrogen) atoms. The van der Waals surface area contributed by atoms with Crippen molar-refractivity contribution in [1.82, 2.24) is 9.47 Å². The Kier molecular flexibility index (Phi) is 4.73. The second kappa shape index (κ2) is 7.18. The predicted octanol–water partition coefficient (Wildman–Crippen LogP) is 4.25. The largest absolute Gasteiger partial charge is 0.338 e. The lowest BCUT2D eigenvalue weighted by atomic mass is 10.00. The molecule has 4 nitrogen and oxygen atoms in total. The molecular weight excluding hydrogens is 336 g/mol. The van der Waals surface area contributed by atoms with Gasteiger partial charge in [0.05, 0.1) is 11.0 Å². The van der Waals surface area contributed by atoms with E-state index in [0.717, 1.165) is 42.4 Å². The molecule has 1 fully saturated rings. The van der Waals surface area contributed by atoms with Gasteiger partial charge in [-0.1, -0.05) is 30.7 Å². The molecule has 1 aliphatic heterocycles. The van der Waals surface area contributed by atoms with Gasteiger partial charge < -0.3 is 9.47 Å². The molecule has 0 radical (unpaired) electrons. The summed E-state index contributed by atoms with van der Waals surface area (Å²) in [6.45, 7) is 5.26. The second-order valence-electron chi connectivity index (χ2n) is 7.60. The number of para-hydroxylation sites is 1. The number of amides is 1. The lowest BCUT2D eigenvalue weighted by Gasteiger charge is -2.35. The molecule has 0 aliphatic carbocycles. The number of aromatic nitrogens is 1. The molecule has 0 saturated carbocycles. The van der Waals surface area contributed by atoms with E-state index in [4.69, 9.17) is 0 Å². The fraction of sp³-hybridized carbons (Fsp3) is 0.391. The average molecular weight is 362 g/mol. The quantitative estimate of drug-likeness (QED) is 0.654. The van der Waals surface area contributed by atoms with Crippen molar-refractivity contribution in [3.63, 3.8) is 0 Å². The summed E-state index contributed by atoms with van der Waals surface area (Å²) in [5, 5.41) is 1.36. The van der Waals surface area contributed by atoms with Gasteiger partial charge in [-0.2, -0.15) is 0 Å². The Bertz CT molecular complexity index is 1070. The zero-order valence-corrected chi connectivity index (χ0v) is 16.1. The van der Waals surface area contributed by atoms with Crippen LogP contribution in [0, 0.1) is 6.92 Å². The minimum Gasteiger partial charge on any atom is -0.338 e. The third kappa shape index (κ3) is 3.14. The molecule has 4 heteroatoms. The van der Waals surface area contributed by atoms with Crippen molar-refractivity contribution in [1.29, 1.82) is 0 Å². The molecule has 0 spiro atoms. The molecule has 3 aromatic rings. The first-order valence-corrected chi connectivity index (χ1v) is 9.91. The van der Waals surface area contributed by atoms with Gasteiger partial charge in [0.15, 0.2) is 5.43 Å². The monoisotopic (exact) mass is 362 g/mol. The zero-order chi connectivity index (χ0) is 19.0. The van der Waals surface area contributed by atoms with Crippen LogP contribution >= 0.6 is 0 Å². The third-order valence-electron chi connectivity index (χ3n) is 5.84. The van der Waals surface area contributed by atoms with Gasteiger partial charge in [-0.05, 0) is 56.9 Å². The molecule has 1 amide bonds. The molecule has 0 bridgehead atoms. The SMILES string of the molecule is CC[C@@H]1CCCCN1C(=O)Cn1c2ccccc2c(=O)c2cc(C)ccc21. The van der Waals surface area contributed by atoms with Crippen molar-refractivity contribution < 1.29 is 4.79 Å². The number of benzene rings is 2. The van der Waals surface area contributed by atoms with Crippen LogP contribution in [0.4, 0.5) is 0 Å². The van der Waals surface area contributed by atoms with Gasteiger partial charge in [0.1, 0.15) is 6.54 Å². The fourth-order valence-electron chi connectivity index (χ4n) is 4.39. The van der Waals surface area contributed by atoms with Gasteiger partial charge in [0.25, 0.3) is 0 Å². The minimum absolute atomic E-state index is 0.0393. The third-order valence-corrected chi connectivity index (χ3v) is 5.84. The number of aryl methyl sites for hydroxylation is 1. The van der Waals surface area contributed by atoms with Crippen molar-refractivity contribution in [2.45, 2.75) is 52.1 Å². The highest BCUT2D eigenvalue weighted by Gasteiger charge is 2.26. The Hall–Kier alpha value is -2.62. The first kappa shape index (κ1) is 17.8. The molecule has 140 valence electrons. The van der Waals surface area contributed by atoms with E-state index in [-0.39, 0.29) is 17.9 Å². The fourth-order valence-corrected chi connectivity index (χ4v) is 4.39. The van der Waals surface area contributed by atoms with Crippen molar-refractivity contribution in [2.24, 2.45) is 0 Å². The second-order valence-corrected chi connectivity index (χ2v) is 7.60. The van der Waals surface area contributed by atoms with Crippen LogP contribution in [-0.2, 0) is 11.3 Å². The lowest BCUT2D eigenvalue weighted by Crippen LogP contribution is -2.45. The standard InChI is InChI=1S/C23H26N2O2/c1-3-17-8-6-7-13-24(17)22(26)15-25-20-10-5-4-9-18(20)23(27)19-14-16(2)11-12-21(19)25/h4-5,9-12,14,17H,3,6-8,13,15H2,1-2H3/t17-/m1/s1. The first-order valence-electron chi connectivity index (χ1n) is 9.91. The molecule has 1 saturated heterocycles. The van der Waals surface area contributed by atoms with Crippen LogP contribution in [0.3, 0.4) is 0 Å². The Morgan fingerprint density at radius 1 is 1.07 bits per heavy atom. The molecule has 1 aromatic heterocycles. The van der Waals surface area contributed by atoms with Gasteiger partial charge >= 0.3 is 0 Å². The first-order chi connectivity index (χ1) is 13.1. The number of nitrogens with zero attached hydrogens (tertiary/aromatic N) is 2. The molecule has 0 unspecified atom stereocenters. The molecule has 0 N–H and O–H groups in total. The number of carbonyl (C=O) groups is 1. The van der Waals surface area contributed by atoms with Gasteiger partial charge in [-0.25, -0.2) is 0 Å². The molecule has 1 atom stereocenters. The van der Waals surface area contributed by atoms with Crippen molar-refractivity contribution in [3.8, 4) is 0 Å². The van der Waals surface area contributed by atoms with Crippen LogP contribution in [0.5, 0.6) is 0 Å². The smallest absolute Gasteiger partial charge is 0.242 e. The highest BCUT2D eigenvalue weighted by molar-refractivity contribution is 5.95. The van der Waals surface area contributed by atoms with Crippen LogP contribution in [0.1, 0.15) is 38.2 Å². The molecule has 2 heterocycles. The van der Waals surface area contributed by atoms with Crippen LogP contribution in [0.15, 0.2) is 47.3 Å². The lowest BCUT2D eigenvalue weighted by molar-refractivity contribution is -0.135. The van der Waals surface area contributed by atoms with Crippen molar-refractivity contribution in [2.75, 3.05) is 6.54 Å². The number of piperidine rings is 1. The Labute approximate surface area is 159 Å². The number of pyridine rings is 1. The minimum atomic E-state index is 0.0393. The molecular formula is C23H26N2O2. The van der Waals surface area contributed by atoms with Crippen LogP contribution < -0.4 is 5.43 Å². The number of fused-ring (bicyclic) bond motifs is 2. The van der Waals surface area contributed by atoms with Crippen molar-refractivity contribution >= 4 is 27.7 Å². The number of carbonyl (C=O) groups excluding carboxylic acids is 1. The van der Waals surface area contributed by atoms with Gasteiger partial charge in [-0.3, -0.25) is 9.59 Å². The zero-order valence-electron chi connectivity index (χ0n) is 16.1. The summed E-state index contributed by atoms with van der Waals surface area (Å²) < 4.78 is 2.02. The van der Waals surface area contributed by atoms with E-state index >= 15 is 0 Å². The summed E-state index contributed by atoms with van der Waals surface area (Å²) in [6, 6.07) is 13.9. The van der Waals surface area contributed by atoms with E-state index in [1.54, 1.807) is 0 Å². The summed E-state index contributed by atoms with van der Waals surface area (Å²) in [7, 11) is 0. The summed E-state index contributed by atoms with van der Waals surface area (Å²) in [5.41, 5.74) is 2.76. The van der Waals surface area contributed by atoms with Crippen LogP contribution in [0.25, 0.3) is 21.8 Å². The van der Waals surface area contributed by atoms with E-state index in [2.05, 4.69) is 11.8 Å². The van der Waals surface area contributed by atoms with E-state index in [9.17, 15) is 9.59 Å². The maximum absolute atomic E-state index is 13.2. The summed E-state index contributed by atoms with van der Waals surface area (Å²) >= 11 is 0. The van der Waals surface area contributed by atoms with Crippen molar-refractivity contribution in [3.05, 3.63) is 58.3 Å².